The highest BCUT2D eigenvalue weighted by Gasteiger charge is 2.25. The van der Waals surface area contributed by atoms with E-state index in [2.05, 4.69) is 25.8 Å². The van der Waals surface area contributed by atoms with E-state index in [1.807, 2.05) is 18.2 Å². The van der Waals surface area contributed by atoms with Crippen molar-refractivity contribution in [2.45, 2.75) is 31.7 Å². The summed E-state index contributed by atoms with van der Waals surface area (Å²) >= 11 is 3.40. The summed E-state index contributed by atoms with van der Waals surface area (Å²) in [6, 6.07) is 6.61. The molecule has 88 valence electrons. The number of aromatic nitrogens is 1. The van der Waals surface area contributed by atoms with Gasteiger partial charge in [-0.1, -0.05) is 6.07 Å². The molecular formula is C12H17BrN2O. The van der Waals surface area contributed by atoms with Crippen molar-refractivity contribution in [3.05, 3.63) is 22.8 Å². The second-order valence-electron chi connectivity index (χ2n) is 4.17. The minimum atomic E-state index is 0.247. The van der Waals surface area contributed by atoms with E-state index >= 15 is 0 Å². The lowest BCUT2D eigenvalue weighted by molar-refractivity contribution is 0.282. The van der Waals surface area contributed by atoms with E-state index in [-0.39, 0.29) is 6.61 Å². The molecule has 1 N–H and O–H groups in total. The van der Waals surface area contributed by atoms with Gasteiger partial charge in [-0.2, -0.15) is 0 Å². The van der Waals surface area contributed by atoms with Gasteiger partial charge >= 0.3 is 0 Å². The van der Waals surface area contributed by atoms with E-state index in [1.165, 1.54) is 19.3 Å². The second-order valence-corrected chi connectivity index (χ2v) is 4.99. The summed E-state index contributed by atoms with van der Waals surface area (Å²) in [5.74, 6) is 1.02. The Kier molecular flexibility index (Phi) is 4.18. The Hall–Kier alpha value is -0.610. The van der Waals surface area contributed by atoms with Crippen molar-refractivity contribution in [2.24, 2.45) is 0 Å². The van der Waals surface area contributed by atoms with Crippen molar-refractivity contribution in [2.75, 3.05) is 18.1 Å². The van der Waals surface area contributed by atoms with Crippen LogP contribution in [0.1, 0.15) is 25.7 Å². The van der Waals surface area contributed by atoms with Gasteiger partial charge in [-0.05, 0) is 53.7 Å². The van der Waals surface area contributed by atoms with Crippen molar-refractivity contribution in [1.82, 2.24) is 4.98 Å². The van der Waals surface area contributed by atoms with E-state index in [0.29, 0.717) is 6.04 Å². The lowest BCUT2D eigenvalue weighted by Gasteiger charge is -2.38. The molecule has 1 aliphatic rings. The average molecular weight is 285 g/mol. The maximum absolute atomic E-state index is 8.93. The molecule has 0 unspecified atom stereocenters. The number of hydrogen-bond acceptors (Lipinski definition) is 3. The second kappa shape index (κ2) is 5.64. The summed E-state index contributed by atoms with van der Waals surface area (Å²) < 4.78 is 0.873. The first-order chi connectivity index (χ1) is 7.81. The Morgan fingerprint density at radius 3 is 2.81 bits per heavy atom. The molecule has 0 amide bonds. The van der Waals surface area contributed by atoms with Crippen LogP contribution in [-0.2, 0) is 0 Å². The molecule has 3 nitrogen and oxygen atoms in total. The standard InChI is InChI=1S/C12H17BrN2O/c13-11-6-2-7-12(14-11)15(8-3-9-16)10-4-1-5-10/h2,6-7,10,16H,1,3-5,8-9H2. The number of hydrogen-bond donors (Lipinski definition) is 1. The SMILES string of the molecule is OCCCN(c1cccc(Br)n1)C1CCC1. The van der Waals surface area contributed by atoms with Gasteiger partial charge in [0.2, 0.25) is 0 Å². The zero-order valence-corrected chi connectivity index (χ0v) is 10.9. The molecule has 4 heteroatoms. The van der Waals surface area contributed by atoms with Gasteiger partial charge < -0.3 is 10.0 Å². The van der Waals surface area contributed by atoms with E-state index in [4.69, 9.17) is 5.11 Å². The lowest BCUT2D eigenvalue weighted by atomic mass is 9.91. The van der Waals surface area contributed by atoms with Crippen molar-refractivity contribution in [3.8, 4) is 0 Å². The first kappa shape index (κ1) is 11.9. The number of nitrogens with zero attached hydrogens (tertiary/aromatic N) is 2. The fraction of sp³-hybridized carbons (Fsp3) is 0.583. The molecule has 1 fully saturated rings. The fourth-order valence-corrected chi connectivity index (χ4v) is 2.32. The van der Waals surface area contributed by atoms with Gasteiger partial charge in [0.1, 0.15) is 10.4 Å². The lowest BCUT2D eigenvalue weighted by Crippen LogP contribution is -2.41. The third-order valence-corrected chi connectivity index (χ3v) is 3.51. The number of rotatable bonds is 5. The molecule has 0 aliphatic heterocycles. The van der Waals surface area contributed by atoms with Crippen LogP contribution in [0.2, 0.25) is 0 Å². The Balaban J connectivity index is 2.10. The summed E-state index contributed by atoms with van der Waals surface area (Å²) in [5.41, 5.74) is 0. The van der Waals surface area contributed by atoms with Gasteiger partial charge in [0.25, 0.3) is 0 Å². The summed E-state index contributed by atoms with van der Waals surface area (Å²) in [4.78, 5) is 6.81. The van der Waals surface area contributed by atoms with Crippen molar-refractivity contribution in [1.29, 1.82) is 0 Å². The minimum Gasteiger partial charge on any atom is -0.396 e. The average Bonchev–Trinajstić information content (AvgIpc) is 2.21. The molecule has 1 saturated carbocycles. The van der Waals surface area contributed by atoms with Gasteiger partial charge in [0.15, 0.2) is 0 Å². The van der Waals surface area contributed by atoms with Crippen LogP contribution < -0.4 is 4.90 Å². The highest BCUT2D eigenvalue weighted by Crippen LogP contribution is 2.29. The van der Waals surface area contributed by atoms with Gasteiger partial charge in [0.05, 0.1) is 0 Å². The van der Waals surface area contributed by atoms with Crippen LogP contribution in [0.25, 0.3) is 0 Å². The molecule has 1 aromatic rings. The molecule has 0 radical (unpaired) electrons. The van der Waals surface area contributed by atoms with Crippen LogP contribution >= 0.6 is 15.9 Å². The molecule has 0 atom stereocenters. The summed E-state index contributed by atoms with van der Waals surface area (Å²) in [6.45, 7) is 1.14. The van der Waals surface area contributed by atoms with E-state index in [0.717, 1.165) is 23.4 Å². The summed E-state index contributed by atoms with van der Waals surface area (Å²) in [7, 11) is 0. The van der Waals surface area contributed by atoms with E-state index in [9.17, 15) is 0 Å². The first-order valence-corrected chi connectivity index (χ1v) is 6.60. The molecule has 1 aromatic heterocycles. The van der Waals surface area contributed by atoms with Crippen LogP contribution in [0, 0.1) is 0 Å². The van der Waals surface area contributed by atoms with Crippen molar-refractivity contribution in [3.63, 3.8) is 0 Å². The molecule has 0 saturated heterocycles. The largest absolute Gasteiger partial charge is 0.396 e. The number of aliphatic hydroxyl groups is 1. The normalized spacial score (nSPS) is 15.9. The Morgan fingerprint density at radius 1 is 1.44 bits per heavy atom. The molecule has 0 aromatic carbocycles. The number of halogens is 1. The Labute approximate surface area is 105 Å². The smallest absolute Gasteiger partial charge is 0.130 e. The topological polar surface area (TPSA) is 36.4 Å². The predicted molar refractivity (Wildman–Crippen MR) is 68.6 cm³/mol. The van der Waals surface area contributed by atoms with Crippen LogP contribution in [0.15, 0.2) is 22.8 Å². The summed E-state index contributed by atoms with van der Waals surface area (Å²) in [6.07, 6.45) is 4.62. The van der Waals surface area contributed by atoms with Crippen LogP contribution in [0.4, 0.5) is 5.82 Å². The number of pyridine rings is 1. The Bertz CT molecular complexity index is 342. The van der Waals surface area contributed by atoms with Crippen LogP contribution in [0.3, 0.4) is 0 Å². The van der Waals surface area contributed by atoms with Crippen LogP contribution in [0.5, 0.6) is 0 Å². The molecule has 2 rings (SSSR count). The molecule has 1 aliphatic carbocycles. The fourth-order valence-electron chi connectivity index (χ4n) is 1.98. The van der Waals surface area contributed by atoms with Gasteiger partial charge in [-0.25, -0.2) is 4.98 Å². The van der Waals surface area contributed by atoms with Crippen molar-refractivity contribution < 1.29 is 5.11 Å². The zero-order chi connectivity index (χ0) is 11.4. The summed E-state index contributed by atoms with van der Waals surface area (Å²) in [5, 5.41) is 8.93. The van der Waals surface area contributed by atoms with Crippen molar-refractivity contribution >= 4 is 21.7 Å². The minimum absolute atomic E-state index is 0.247. The zero-order valence-electron chi connectivity index (χ0n) is 9.27. The van der Waals surface area contributed by atoms with Gasteiger partial charge in [-0.15, -0.1) is 0 Å². The highest BCUT2D eigenvalue weighted by molar-refractivity contribution is 9.10. The highest BCUT2D eigenvalue weighted by atomic mass is 79.9. The third kappa shape index (κ3) is 2.74. The van der Waals surface area contributed by atoms with E-state index < -0.39 is 0 Å². The molecule has 0 bridgehead atoms. The molecular weight excluding hydrogens is 268 g/mol. The van der Waals surface area contributed by atoms with Gasteiger partial charge in [0, 0.05) is 19.2 Å². The number of anilines is 1. The van der Waals surface area contributed by atoms with Gasteiger partial charge in [-0.3, -0.25) is 0 Å². The molecule has 1 heterocycles. The quantitative estimate of drug-likeness (QED) is 0.845. The first-order valence-electron chi connectivity index (χ1n) is 5.81. The Morgan fingerprint density at radius 2 is 2.25 bits per heavy atom. The monoisotopic (exact) mass is 284 g/mol. The maximum Gasteiger partial charge on any atom is 0.130 e. The number of aliphatic hydroxyl groups excluding tert-OH is 1. The van der Waals surface area contributed by atoms with Crippen LogP contribution in [-0.4, -0.2) is 29.3 Å². The third-order valence-electron chi connectivity index (χ3n) is 3.07. The van der Waals surface area contributed by atoms with E-state index in [1.54, 1.807) is 0 Å². The predicted octanol–water partition coefficient (Wildman–Crippen LogP) is 2.59. The molecule has 16 heavy (non-hydrogen) atoms. The maximum atomic E-state index is 8.93. The molecule has 0 spiro atoms.